The van der Waals surface area contributed by atoms with Gasteiger partial charge in [0.1, 0.15) is 0 Å². The van der Waals surface area contributed by atoms with Gasteiger partial charge in [-0.3, -0.25) is 10.00 Å². The molecule has 25 heavy (non-hydrogen) atoms. The number of aliphatic hydroxyl groups excluding tert-OH is 1. The van der Waals surface area contributed by atoms with Crippen molar-refractivity contribution in [1.82, 2.24) is 15.1 Å². The van der Waals surface area contributed by atoms with Crippen LogP contribution in [0.25, 0.3) is 0 Å². The highest BCUT2D eigenvalue weighted by Gasteiger charge is 2.20. The number of hydrogen-bond acceptors (Lipinski definition) is 3. The fourth-order valence-electron chi connectivity index (χ4n) is 3.02. The number of hydrogen-bond donors (Lipinski definition) is 3. The summed E-state index contributed by atoms with van der Waals surface area (Å²) in [6, 6.07) is 9.86. The van der Waals surface area contributed by atoms with E-state index in [0.717, 1.165) is 17.5 Å². The molecule has 1 aromatic heterocycles. The van der Waals surface area contributed by atoms with E-state index in [9.17, 15) is 4.79 Å². The third kappa shape index (κ3) is 4.09. The van der Waals surface area contributed by atoms with Gasteiger partial charge in [-0.2, -0.15) is 5.10 Å². The highest BCUT2D eigenvalue weighted by molar-refractivity contribution is 5.89. The zero-order valence-corrected chi connectivity index (χ0v) is 14.5. The van der Waals surface area contributed by atoms with E-state index < -0.39 is 0 Å². The number of nitrogens with one attached hydrogen (secondary N) is 2. The molecule has 0 fully saturated rings. The maximum Gasteiger partial charge on any atom is 0.320 e. The fraction of sp³-hybridized carbons (Fsp3) is 0.368. The average molecular weight is 340 g/mol. The normalized spacial score (nSPS) is 20.4. The molecule has 2 aromatic rings. The fourth-order valence-corrected chi connectivity index (χ4v) is 3.02. The number of benzene rings is 1. The molecule has 3 rings (SSSR count). The number of amides is 2. The Morgan fingerprint density at radius 2 is 2.12 bits per heavy atom. The second kappa shape index (κ2) is 7.53. The molecule has 0 saturated heterocycles. The van der Waals surface area contributed by atoms with Crippen molar-refractivity contribution in [2.75, 3.05) is 11.9 Å². The first-order valence-electron chi connectivity index (χ1n) is 8.54. The second-order valence-electron chi connectivity index (χ2n) is 6.50. The predicted molar refractivity (Wildman–Crippen MR) is 97.5 cm³/mol. The first kappa shape index (κ1) is 17.2. The Morgan fingerprint density at radius 1 is 1.36 bits per heavy atom. The lowest BCUT2D eigenvalue weighted by Crippen LogP contribution is -2.36. The Labute approximate surface area is 147 Å². The van der Waals surface area contributed by atoms with Gasteiger partial charge in [-0.15, -0.1) is 0 Å². The topological polar surface area (TPSA) is 79.2 Å². The Hall–Kier alpha value is -2.60. The molecule has 1 heterocycles. The van der Waals surface area contributed by atoms with Gasteiger partial charge in [-0.05, 0) is 25.8 Å². The van der Waals surface area contributed by atoms with Crippen molar-refractivity contribution in [3.05, 3.63) is 59.8 Å². The van der Waals surface area contributed by atoms with E-state index in [-0.39, 0.29) is 30.6 Å². The van der Waals surface area contributed by atoms with Gasteiger partial charge in [-0.25, -0.2) is 4.79 Å². The third-order valence-electron chi connectivity index (χ3n) is 4.55. The van der Waals surface area contributed by atoms with Gasteiger partial charge in [0.2, 0.25) is 0 Å². The van der Waals surface area contributed by atoms with Crippen LogP contribution in [0.4, 0.5) is 10.6 Å². The lowest BCUT2D eigenvalue weighted by atomic mass is 10.1. The zero-order chi connectivity index (χ0) is 17.8. The monoisotopic (exact) mass is 340 g/mol. The summed E-state index contributed by atoms with van der Waals surface area (Å²) in [5, 5.41) is 19.4. The van der Waals surface area contributed by atoms with Crippen LogP contribution < -0.4 is 10.6 Å². The SMILES string of the molecule is Cc1cn([C@@H](C)c2ccccc2)nc1NC(=O)N[C@@H]1C=C[C@H](CO)C1. The first-order chi connectivity index (χ1) is 12.1. The highest BCUT2D eigenvalue weighted by atomic mass is 16.3. The number of rotatable bonds is 5. The number of nitrogens with zero attached hydrogens (tertiary/aromatic N) is 2. The quantitative estimate of drug-likeness (QED) is 0.732. The molecule has 0 unspecified atom stereocenters. The molecule has 3 N–H and O–H groups in total. The summed E-state index contributed by atoms with van der Waals surface area (Å²) in [5.74, 6) is 0.680. The van der Waals surface area contributed by atoms with Crippen molar-refractivity contribution in [3.8, 4) is 0 Å². The molecule has 0 bridgehead atoms. The Bertz CT molecular complexity index is 754. The van der Waals surface area contributed by atoms with Gasteiger partial charge < -0.3 is 10.4 Å². The number of carbonyl (C=O) groups is 1. The van der Waals surface area contributed by atoms with Crippen molar-refractivity contribution in [3.63, 3.8) is 0 Å². The van der Waals surface area contributed by atoms with Crippen LogP contribution in [0.15, 0.2) is 48.7 Å². The zero-order valence-electron chi connectivity index (χ0n) is 14.5. The van der Waals surface area contributed by atoms with Crippen molar-refractivity contribution < 1.29 is 9.90 Å². The Balaban J connectivity index is 1.63. The molecule has 0 spiro atoms. The third-order valence-corrected chi connectivity index (χ3v) is 4.55. The van der Waals surface area contributed by atoms with E-state index in [0.29, 0.717) is 5.82 Å². The Morgan fingerprint density at radius 3 is 2.80 bits per heavy atom. The number of aliphatic hydroxyl groups is 1. The summed E-state index contributed by atoms with van der Waals surface area (Å²) >= 11 is 0. The number of aromatic nitrogens is 2. The molecule has 132 valence electrons. The van der Waals surface area contributed by atoms with Gasteiger partial charge in [0.05, 0.1) is 6.04 Å². The molecule has 2 amide bonds. The maximum atomic E-state index is 12.2. The lowest BCUT2D eigenvalue weighted by Gasteiger charge is -2.13. The van der Waals surface area contributed by atoms with Gasteiger partial charge in [0.25, 0.3) is 0 Å². The number of anilines is 1. The van der Waals surface area contributed by atoms with E-state index in [4.69, 9.17) is 5.11 Å². The second-order valence-corrected chi connectivity index (χ2v) is 6.50. The molecule has 3 atom stereocenters. The number of urea groups is 1. The molecule has 1 aromatic carbocycles. The van der Waals surface area contributed by atoms with Gasteiger partial charge in [0.15, 0.2) is 5.82 Å². The highest BCUT2D eigenvalue weighted by Crippen LogP contribution is 2.21. The van der Waals surface area contributed by atoms with E-state index in [1.165, 1.54) is 0 Å². The smallest absolute Gasteiger partial charge is 0.320 e. The van der Waals surface area contributed by atoms with Gasteiger partial charge in [-0.1, -0.05) is 42.5 Å². The molecule has 6 nitrogen and oxygen atoms in total. The molecular weight excluding hydrogens is 316 g/mol. The van der Waals surface area contributed by atoms with Crippen LogP contribution in [-0.2, 0) is 0 Å². The largest absolute Gasteiger partial charge is 0.396 e. The molecule has 0 radical (unpaired) electrons. The van der Waals surface area contributed by atoms with E-state index in [2.05, 4.69) is 34.8 Å². The standard InChI is InChI=1S/C19H24N4O2/c1-13-11-23(14(2)16-6-4-3-5-7-16)22-18(13)21-19(25)20-17-9-8-15(10-17)12-24/h3-9,11,14-15,17,24H,10,12H2,1-2H3,(H2,20,21,22,25)/t14-,15-,17+/m0/s1. The van der Waals surface area contributed by atoms with E-state index in [1.807, 2.05) is 48.2 Å². The van der Waals surface area contributed by atoms with Crippen LogP contribution >= 0.6 is 0 Å². The molecular formula is C19H24N4O2. The van der Waals surface area contributed by atoms with Crippen molar-refractivity contribution in [1.29, 1.82) is 0 Å². The van der Waals surface area contributed by atoms with Crippen LogP contribution in [0.1, 0.15) is 30.5 Å². The van der Waals surface area contributed by atoms with E-state index in [1.54, 1.807) is 0 Å². The summed E-state index contributed by atoms with van der Waals surface area (Å²) in [4.78, 5) is 12.2. The molecule has 1 aliphatic carbocycles. The van der Waals surface area contributed by atoms with Gasteiger partial charge in [0, 0.05) is 30.3 Å². The minimum Gasteiger partial charge on any atom is -0.396 e. The number of carbonyl (C=O) groups excluding carboxylic acids is 1. The average Bonchev–Trinajstić information content (AvgIpc) is 3.22. The predicted octanol–water partition coefficient (Wildman–Crippen LogP) is 2.86. The van der Waals surface area contributed by atoms with Crippen LogP contribution in [0, 0.1) is 12.8 Å². The van der Waals surface area contributed by atoms with Crippen LogP contribution in [0.2, 0.25) is 0 Å². The van der Waals surface area contributed by atoms with Crippen LogP contribution in [-0.4, -0.2) is 33.6 Å². The molecule has 1 aliphatic rings. The van der Waals surface area contributed by atoms with Crippen molar-refractivity contribution >= 4 is 11.8 Å². The summed E-state index contributed by atoms with van der Waals surface area (Å²) in [5.41, 5.74) is 2.07. The first-order valence-corrected chi connectivity index (χ1v) is 8.54. The number of aryl methyl sites for hydroxylation is 1. The van der Waals surface area contributed by atoms with Crippen LogP contribution in [0.3, 0.4) is 0 Å². The minimum atomic E-state index is -0.283. The van der Waals surface area contributed by atoms with E-state index >= 15 is 0 Å². The minimum absolute atomic E-state index is 0.0530. The Kier molecular flexibility index (Phi) is 5.19. The molecule has 0 saturated carbocycles. The summed E-state index contributed by atoms with van der Waals surface area (Å²) in [6.45, 7) is 4.11. The summed E-state index contributed by atoms with van der Waals surface area (Å²) in [6.07, 6.45) is 6.52. The lowest BCUT2D eigenvalue weighted by molar-refractivity contribution is 0.238. The molecule has 6 heteroatoms. The van der Waals surface area contributed by atoms with Gasteiger partial charge >= 0.3 is 6.03 Å². The molecule has 0 aliphatic heterocycles. The van der Waals surface area contributed by atoms with Crippen molar-refractivity contribution in [2.24, 2.45) is 5.92 Å². The van der Waals surface area contributed by atoms with Crippen LogP contribution in [0.5, 0.6) is 0 Å². The summed E-state index contributed by atoms with van der Waals surface area (Å²) in [7, 11) is 0. The van der Waals surface area contributed by atoms with Crippen molar-refractivity contribution in [2.45, 2.75) is 32.4 Å². The summed E-state index contributed by atoms with van der Waals surface area (Å²) < 4.78 is 1.86. The maximum absolute atomic E-state index is 12.2.